The van der Waals surface area contributed by atoms with Crippen LogP contribution in [-0.4, -0.2) is 48.1 Å². The topological polar surface area (TPSA) is 63.6 Å². The molecule has 0 aliphatic carbocycles. The minimum absolute atomic E-state index is 0.240. The van der Waals surface area contributed by atoms with Gasteiger partial charge in [0.2, 0.25) is 11.8 Å². The molecule has 2 aromatic rings. The molecule has 1 N–H and O–H groups in total. The quantitative estimate of drug-likeness (QED) is 0.631. The third-order valence-corrected chi connectivity index (χ3v) is 4.46. The molecule has 1 unspecified atom stereocenters. The highest BCUT2D eigenvalue weighted by molar-refractivity contribution is 5.97. The Morgan fingerprint density at radius 2 is 2.12 bits per heavy atom. The zero-order valence-corrected chi connectivity index (χ0v) is 14.7. The number of fused-ring (bicyclic) bond motifs is 1. The molecule has 0 bridgehead atoms. The predicted molar refractivity (Wildman–Crippen MR) is 93.9 cm³/mol. The third kappa shape index (κ3) is 3.94. The van der Waals surface area contributed by atoms with Gasteiger partial charge in [0.25, 0.3) is 0 Å². The van der Waals surface area contributed by atoms with Crippen molar-refractivity contribution in [1.82, 2.24) is 14.8 Å². The van der Waals surface area contributed by atoms with E-state index in [1.807, 2.05) is 18.3 Å². The van der Waals surface area contributed by atoms with E-state index in [4.69, 9.17) is 4.74 Å². The summed E-state index contributed by atoms with van der Waals surface area (Å²) in [7, 11) is 1.55. The van der Waals surface area contributed by atoms with Crippen molar-refractivity contribution in [1.29, 1.82) is 0 Å². The standard InChI is InChI=1S/C19H22FN3O3/c1-26-11-7-21-17(24)13-18(25)23-10-9-22-8-3-6-16(22)19(23)14-4-2-5-15(20)12-14/h2-6,8,12,19H,7,9-11,13H2,1H3,(H,21,24). The Morgan fingerprint density at radius 1 is 1.27 bits per heavy atom. The summed E-state index contributed by atoms with van der Waals surface area (Å²) >= 11 is 0. The van der Waals surface area contributed by atoms with Gasteiger partial charge in [-0.2, -0.15) is 0 Å². The van der Waals surface area contributed by atoms with E-state index in [1.54, 1.807) is 24.1 Å². The average molecular weight is 359 g/mol. The number of hydrogen-bond donors (Lipinski definition) is 1. The van der Waals surface area contributed by atoms with Gasteiger partial charge < -0.3 is 19.5 Å². The summed E-state index contributed by atoms with van der Waals surface area (Å²) in [6.07, 6.45) is 1.71. The molecule has 0 radical (unpaired) electrons. The molecule has 26 heavy (non-hydrogen) atoms. The summed E-state index contributed by atoms with van der Waals surface area (Å²) in [6.45, 7) is 1.86. The smallest absolute Gasteiger partial charge is 0.232 e. The molecule has 1 aromatic heterocycles. The lowest BCUT2D eigenvalue weighted by Gasteiger charge is -2.37. The maximum absolute atomic E-state index is 13.7. The number of carbonyl (C=O) groups is 2. The molecule has 1 aromatic carbocycles. The van der Waals surface area contributed by atoms with Crippen molar-refractivity contribution in [2.75, 3.05) is 26.8 Å². The fourth-order valence-electron chi connectivity index (χ4n) is 3.27. The minimum Gasteiger partial charge on any atom is -0.383 e. The number of ether oxygens (including phenoxy) is 1. The first kappa shape index (κ1) is 18.1. The summed E-state index contributed by atoms with van der Waals surface area (Å²) < 4.78 is 20.7. The van der Waals surface area contributed by atoms with E-state index < -0.39 is 6.04 Å². The lowest BCUT2D eigenvalue weighted by Crippen LogP contribution is -2.44. The largest absolute Gasteiger partial charge is 0.383 e. The van der Waals surface area contributed by atoms with Crippen LogP contribution >= 0.6 is 0 Å². The van der Waals surface area contributed by atoms with Crippen LogP contribution in [0.4, 0.5) is 4.39 Å². The van der Waals surface area contributed by atoms with Gasteiger partial charge in [0.05, 0.1) is 12.6 Å². The fraction of sp³-hybridized carbons (Fsp3) is 0.368. The van der Waals surface area contributed by atoms with E-state index in [9.17, 15) is 14.0 Å². The highest BCUT2D eigenvalue weighted by Gasteiger charge is 2.32. The van der Waals surface area contributed by atoms with Gasteiger partial charge in [0.1, 0.15) is 12.2 Å². The van der Waals surface area contributed by atoms with Crippen LogP contribution in [0.1, 0.15) is 23.7 Å². The molecule has 1 atom stereocenters. The molecule has 7 heteroatoms. The van der Waals surface area contributed by atoms with Gasteiger partial charge in [-0.3, -0.25) is 9.59 Å². The molecule has 6 nitrogen and oxygen atoms in total. The van der Waals surface area contributed by atoms with E-state index in [-0.39, 0.29) is 24.1 Å². The van der Waals surface area contributed by atoms with E-state index >= 15 is 0 Å². The van der Waals surface area contributed by atoms with Gasteiger partial charge in [-0.25, -0.2) is 4.39 Å². The van der Waals surface area contributed by atoms with E-state index in [2.05, 4.69) is 9.88 Å². The van der Waals surface area contributed by atoms with Gasteiger partial charge in [-0.1, -0.05) is 12.1 Å². The van der Waals surface area contributed by atoms with Crippen molar-refractivity contribution in [2.24, 2.45) is 0 Å². The summed E-state index contributed by atoms with van der Waals surface area (Å²) in [4.78, 5) is 26.4. The normalized spacial score (nSPS) is 16.2. The molecule has 0 saturated heterocycles. The highest BCUT2D eigenvalue weighted by atomic mass is 19.1. The minimum atomic E-state index is -0.409. The van der Waals surface area contributed by atoms with Crippen molar-refractivity contribution in [3.05, 3.63) is 59.7 Å². The van der Waals surface area contributed by atoms with E-state index in [0.717, 1.165) is 5.69 Å². The SMILES string of the molecule is COCCNC(=O)CC(=O)N1CCn2cccc2C1c1cccc(F)c1. The molecule has 2 amide bonds. The number of hydrogen-bond acceptors (Lipinski definition) is 3. The molecule has 3 rings (SSSR count). The number of benzene rings is 1. The number of methoxy groups -OCH3 is 1. The Morgan fingerprint density at radius 3 is 2.88 bits per heavy atom. The monoisotopic (exact) mass is 359 g/mol. The number of carbonyl (C=O) groups excluding carboxylic acids is 2. The van der Waals surface area contributed by atoms with Gasteiger partial charge in [0, 0.05) is 38.6 Å². The molecular weight excluding hydrogens is 337 g/mol. The first-order chi connectivity index (χ1) is 12.6. The number of aromatic nitrogens is 1. The number of nitrogens with zero attached hydrogens (tertiary/aromatic N) is 2. The zero-order chi connectivity index (χ0) is 18.5. The number of amides is 2. The first-order valence-electron chi connectivity index (χ1n) is 8.55. The number of halogens is 1. The summed E-state index contributed by atoms with van der Waals surface area (Å²) in [5.74, 6) is -0.969. The van der Waals surface area contributed by atoms with Crippen LogP contribution in [0.2, 0.25) is 0 Å². The highest BCUT2D eigenvalue weighted by Crippen LogP contribution is 2.33. The van der Waals surface area contributed by atoms with Gasteiger partial charge >= 0.3 is 0 Å². The van der Waals surface area contributed by atoms with E-state index in [0.29, 0.717) is 31.8 Å². The zero-order valence-electron chi connectivity index (χ0n) is 14.7. The van der Waals surface area contributed by atoms with Crippen LogP contribution in [0.25, 0.3) is 0 Å². The number of rotatable bonds is 6. The molecule has 1 aliphatic heterocycles. The van der Waals surface area contributed by atoms with Crippen LogP contribution in [0.3, 0.4) is 0 Å². The van der Waals surface area contributed by atoms with Crippen molar-refractivity contribution in [2.45, 2.75) is 19.0 Å². The lowest BCUT2D eigenvalue weighted by atomic mass is 9.99. The summed E-state index contributed by atoms with van der Waals surface area (Å²) in [6, 6.07) is 9.67. The second-order valence-corrected chi connectivity index (χ2v) is 6.19. The first-order valence-corrected chi connectivity index (χ1v) is 8.55. The Balaban J connectivity index is 1.81. The van der Waals surface area contributed by atoms with Crippen molar-refractivity contribution < 1.29 is 18.7 Å². The van der Waals surface area contributed by atoms with Crippen LogP contribution in [-0.2, 0) is 20.9 Å². The molecule has 1 aliphatic rings. The van der Waals surface area contributed by atoms with Gasteiger partial charge in [-0.05, 0) is 29.8 Å². The third-order valence-electron chi connectivity index (χ3n) is 4.46. The summed E-state index contributed by atoms with van der Waals surface area (Å²) in [5.41, 5.74) is 1.60. The second kappa shape index (κ2) is 8.14. The average Bonchev–Trinajstić information content (AvgIpc) is 3.09. The van der Waals surface area contributed by atoms with Crippen LogP contribution in [0, 0.1) is 5.82 Å². The lowest BCUT2D eigenvalue weighted by molar-refractivity contribution is -0.138. The van der Waals surface area contributed by atoms with Crippen molar-refractivity contribution in [3.8, 4) is 0 Å². The molecule has 138 valence electrons. The van der Waals surface area contributed by atoms with Crippen LogP contribution in [0.15, 0.2) is 42.6 Å². The Bertz CT molecular complexity index is 790. The Kier molecular flexibility index (Phi) is 5.68. The molecule has 2 heterocycles. The van der Waals surface area contributed by atoms with Crippen molar-refractivity contribution >= 4 is 11.8 Å². The molecule has 0 fully saturated rings. The fourth-order valence-corrected chi connectivity index (χ4v) is 3.27. The van der Waals surface area contributed by atoms with E-state index in [1.165, 1.54) is 12.1 Å². The van der Waals surface area contributed by atoms with Crippen LogP contribution < -0.4 is 5.32 Å². The maximum Gasteiger partial charge on any atom is 0.232 e. The van der Waals surface area contributed by atoms with Crippen LogP contribution in [0.5, 0.6) is 0 Å². The Hall–Kier alpha value is -2.67. The maximum atomic E-state index is 13.7. The summed E-state index contributed by atoms with van der Waals surface area (Å²) in [5, 5.41) is 2.65. The molecule has 0 saturated carbocycles. The predicted octanol–water partition coefficient (Wildman–Crippen LogP) is 1.71. The Labute approximate surface area is 151 Å². The van der Waals surface area contributed by atoms with Gasteiger partial charge in [-0.15, -0.1) is 0 Å². The van der Waals surface area contributed by atoms with Crippen molar-refractivity contribution in [3.63, 3.8) is 0 Å². The second-order valence-electron chi connectivity index (χ2n) is 6.19. The molecule has 0 spiro atoms. The molecular formula is C19H22FN3O3. The van der Waals surface area contributed by atoms with Gasteiger partial charge in [0.15, 0.2) is 0 Å². The number of nitrogens with one attached hydrogen (secondary N) is 1.